The summed E-state index contributed by atoms with van der Waals surface area (Å²) in [6.45, 7) is 3.94. The molecule has 0 aliphatic carbocycles. The summed E-state index contributed by atoms with van der Waals surface area (Å²) in [7, 11) is 1.65. The molecule has 0 aromatic carbocycles. The fraction of sp³-hybridized carbons (Fsp3) is 0.583. The maximum absolute atomic E-state index is 8.52. The number of nitrogens with one attached hydrogen (secondary N) is 2. The Labute approximate surface area is 127 Å². The summed E-state index contributed by atoms with van der Waals surface area (Å²) in [6.07, 6.45) is 1.85. The van der Waals surface area contributed by atoms with Crippen molar-refractivity contribution in [2.24, 2.45) is 4.99 Å². The Kier molecular flexibility index (Phi) is 5.61. The number of aromatic nitrogens is 2. The van der Waals surface area contributed by atoms with Crippen LogP contribution in [0, 0.1) is 18.4 Å². The zero-order chi connectivity index (χ0) is 14.4. The van der Waals surface area contributed by atoms with Crippen LogP contribution in [0.15, 0.2) is 10.1 Å². The van der Waals surface area contributed by atoms with E-state index in [0.717, 1.165) is 41.2 Å². The van der Waals surface area contributed by atoms with E-state index in [-0.39, 0.29) is 0 Å². The number of aryl methyl sites for hydroxylation is 1. The summed E-state index contributed by atoms with van der Waals surface area (Å²) in [5, 5.41) is 15.3. The van der Waals surface area contributed by atoms with Crippen molar-refractivity contribution < 1.29 is 0 Å². The molecule has 0 spiro atoms. The number of nitrogens with zero attached hydrogens (tertiary/aromatic N) is 4. The van der Waals surface area contributed by atoms with E-state index < -0.39 is 0 Å². The van der Waals surface area contributed by atoms with Gasteiger partial charge >= 0.3 is 0 Å². The molecule has 1 aliphatic rings. The Morgan fingerprint density at radius 3 is 3.25 bits per heavy atom. The highest BCUT2D eigenvalue weighted by atomic mass is 32.2. The number of thioether (sulfide) groups is 2. The van der Waals surface area contributed by atoms with Gasteiger partial charge < -0.3 is 9.88 Å². The predicted octanol–water partition coefficient (Wildman–Crippen LogP) is 1.18. The van der Waals surface area contributed by atoms with Crippen LogP contribution in [0.25, 0.3) is 0 Å². The molecule has 108 valence electrons. The molecule has 2 heterocycles. The van der Waals surface area contributed by atoms with Gasteiger partial charge in [0.05, 0.1) is 11.4 Å². The third kappa shape index (κ3) is 3.61. The van der Waals surface area contributed by atoms with E-state index in [2.05, 4.69) is 32.1 Å². The lowest BCUT2D eigenvalue weighted by Gasteiger charge is -2.08. The van der Waals surface area contributed by atoms with Crippen LogP contribution in [0.3, 0.4) is 0 Å². The van der Waals surface area contributed by atoms with Crippen molar-refractivity contribution in [3.63, 3.8) is 0 Å². The average molecular weight is 310 g/mol. The standard InChI is InChI=1S/C12H18N6S2/c1-9-10(18-4-6-20-12(18)17-9)7-19-5-3-15-11(14-2)16-8-13/h3-7H2,1-2H3,(H2,14,15,16). The van der Waals surface area contributed by atoms with Gasteiger partial charge in [0, 0.05) is 37.4 Å². The van der Waals surface area contributed by atoms with Gasteiger partial charge in [0.15, 0.2) is 11.3 Å². The molecule has 0 amide bonds. The molecule has 2 N–H and O–H groups in total. The number of hydrogen-bond acceptors (Lipinski definition) is 5. The maximum Gasteiger partial charge on any atom is 0.204 e. The first-order valence-electron chi connectivity index (χ1n) is 6.38. The van der Waals surface area contributed by atoms with Gasteiger partial charge in [-0.3, -0.25) is 10.3 Å². The Morgan fingerprint density at radius 1 is 1.65 bits per heavy atom. The highest BCUT2D eigenvalue weighted by Crippen LogP contribution is 2.29. The van der Waals surface area contributed by atoms with Crippen LogP contribution in [0.1, 0.15) is 11.4 Å². The lowest BCUT2D eigenvalue weighted by molar-refractivity contribution is 0.695. The SMILES string of the molecule is CN=C(NC#N)NCCSCc1c(C)nc2n1CCS2. The first-order chi connectivity index (χ1) is 9.76. The molecule has 0 unspecified atom stereocenters. The summed E-state index contributed by atoms with van der Waals surface area (Å²) < 4.78 is 2.33. The van der Waals surface area contributed by atoms with Crippen LogP contribution >= 0.6 is 23.5 Å². The van der Waals surface area contributed by atoms with Gasteiger partial charge in [-0.15, -0.1) is 0 Å². The number of aliphatic imine (C=N–C) groups is 1. The zero-order valence-electron chi connectivity index (χ0n) is 11.6. The summed E-state index contributed by atoms with van der Waals surface area (Å²) in [5.74, 6) is 3.59. The summed E-state index contributed by atoms with van der Waals surface area (Å²) in [5.41, 5.74) is 2.49. The quantitative estimate of drug-likeness (QED) is 0.279. The minimum atomic E-state index is 0.519. The van der Waals surface area contributed by atoms with Gasteiger partial charge in [-0.2, -0.15) is 17.0 Å². The molecule has 0 fully saturated rings. The van der Waals surface area contributed by atoms with Crippen molar-refractivity contribution in [3.05, 3.63) is 11.4 Å². The van der Waals surface area contributed by atoms with Crippen LogP contribution < -0.4 is 10.6 Å². The number of nitriles is 1. The van der Waals surface area contributed by atoms with Crippen molar-refractivity contribution in [3.8, 4) is 6.19 Å². The number of fused-ring (bicyclic) bond motifs is 1. The van der Waals surface area contributed by atoms with Gasteiger partial charge in [-0.25, -0.2) is 4.98 Å². The van der Waals surface area contributed by atoms with Crippen molar-refractivity contribution in [1.82, 2.24) is 20.2 Å². The zero-order valence-corrected chi connectivity index (χ0v) is 13.3. The minimum absolute atomic E-state index is 0.519. The molecule has 0 saturated carbocycles. The lowest BCUT2D eigenvalue weighted by atomic mass is 10.4. The number of guanidine groups is 1. The summed E-state index contributed by atoms with van der Waals surface area (Å²) in [6, 6.07) is 0. The van der Waals surface area contributed by atoms with E-state index in [1.54, 1.807) is 7.05 Å². The molecule has 1 aromatic rings. The van der Waals surface area contributed by atoms with Gasteiger partial charge in [-0.05, 0) is 6.92 Å². The van der Waals surface area contributed by atoms with E-state index in [1.807, 2.05) is 29.7 Å². The van der Waals surface area contributed by atoms with E-state index in [0.29, 0.717) is 5.96 Å². The Morgan fingerprint density at radius 2 is 2.50 bits per heavy atom. The maximum atomic E-state index is 8.52. The topological polar surface area (TPSA) is 78.0 Å². The molecular formula is C12H18N6S2. The van der Waals surface area contributed by atoms with Crippen LogP contribution in [-0.4, -0.2) is 40.6 Å². The van der Waals surface area contributed by atoms with Crippen molar-refractivity contribution in [2.45, 2.75) is 24.4 Å². The summed E-state index contributed by atoms with van der Waals surface area (Å²) in [4.78, 5) is 8.52. The molecular weight excluding hydrogens is 292 g/mol. The van der Waals surface area contributed by atoms with Crippen LogP contribution in [0.2, 0.25) is 0 Å². The second-order valence-corrected chi connectivity index (χ2v) is 6.38. The molecule has 0 radical (unpaired) electrons. The third-order valence-corrected chi connectivity index (χ3v) is 4.89. The third-order valence-electron chi connectivity index (χ3n) is 2.96. The smallest absolute Gasteiger partial charge is 0.204 e. The van der Waals surface area contributed by atoms with Crippen molar-refractivity contribution >= 4 is 29.5 Å². The average Bonchev–Trinajstić information content (AvgIpc) is 2.99. The van der Waals surface area contributed by atoms with E-state index in [9.17, 15) is 0 Å². The van der Waals surface area contributed by atoms with E-state index in [4.69, 9.17) is 5.26 Å². The van der Waals surface area contributed by atoms with Gasteiger partial charge in [-0.1, -0.05) is 11.8 Å². The van der Waals surface area contributed by atoms with Crippen LogP contribution in [-0.2, 0) is 12.3 Å². The second kappa shape index (κ2) is 7.45. The van der Waals surface area contributed by atoms with Crippen LogP contribution in [0.5, 0.6) is 0 Å². The molecule has 0 atom stereocenters. The Bertz CT molecular complexity index is 531. The van der Waals surface area contributed by atoms with Crippen molar-refractivity contribution in [2.75, 3.05) is 25.1 Å². The Balaban J connectivity index is 1.73. The fourth-order valence-corrected chi connectivity index (χ4v) is 3.94. The molecule has 8 heteroatoms. The van der Waals surface area contributed by atoms with E-state index >= 15 is 0 Å². The fourth-order valence-electron chi connectivity index (χ4n) is 1.97. The molecule has 6 nitrogen and oxygen atoms in total. The highest BCUT2D eigenvalue weighted by Gasteiger charge is 2.18. The molecule has 0 bridgehead atoms. The molecule has 2 rings (SSSR count). The first-order valence-corrected chi connectivity index (χ1v) is 8.52. The molecule has 1 aromatic heterocycles. The minimum Gasteiger partial charge on any atom is -0.355 e. The molecule has 1 aliphatic heterocycles. The second-order valence-electron chi connectivity index (χ2n) is 4.21. The molecule has 0 saturated heterocycles. The predicted molar refractivity (Wildman–Crippen MR) is 84.0 cm³/mol. The first kappa shape index (κ1) is 15.1. The summed E-state index contributed by atoms with van der Waals surface area (Å²) >= 11 is 3.70. The highest BCUT2D eigenvalue weighted by molar-refractivity contribution is 7.99. The largest absolute Gasteiger partial charge is 0.355 e. The van der Waals surface area contributed by atoms with Gasteiger partial charge in [0.25, 0.3) is 0 Å². The van der Waals surface area contributed by atoms with Gasteiger partial charge in [0.2, 0.25) is 5.96 Å². The lowest BCUT2D eigenvalue weighted by Crippen LogP contribution is -2.35. The number of hydrogen-bond donors (Lipinski definition) is 2. The Hall–Kier alpha value is -1.33. The normalized spacial score (nSPS) is 13.9. The van der Waals surface area contributed by atoms with Crippen molar-refractivity contribution in [1.29, 1.82) is 5.26 Å². The van der Waals surface area contributed by atoms with E-state index in [1.165, 1.54) is 5.69 Å². The number of imidazole rings is 1. The van der Waals surface area contributed by atoms with Gasteiger partial charge in [0.1, 0.15) is 0 Å². The van der Waals surface area contributed by atoms with Crippen LogP contribution in [0.4, 0.5) is 0 Å². The molecule has 20 heavy (non-hydrogen) atoms. The monoisotopic (exact) mass is 310 g/mol. The number of rotatable bonds is 5.